The predicted molar refractivity (Wildman–Crippen MR) is 89.7 cm³/mol. The van der Waals surface area contributed by atoms with Crippen LogP contribution in [-0.4, -0.2) is 16.6 Å². The SMILES string of the molecule is CCCC[C@](N)(Cc1ccc(-c2ccccc2)cc1)C(=O)O. The summed E-state index contributed by atoms with van der Waals surface area (Å²) in [5, 5.41) is 9.43. The molecule has 0 saturated carbocycles. The van der Waals surface area contributed by atoms with Crippen molar-refractivity contribution in [2.24, 2.45) is 5.73 Å². The number of hydrogen-bond acceptors (Lipinski definition) is 2. The Balaban J connectivity index is 2.14. The largest absolute Gasteiger partial charge is 0.480 e. The lowest BCUT2D eigenvalue weighted by Gasteiger charge is -2.24. The van der Waals surface area contributed by atoms with Crippen LogP contribution in [0.2, 0.25) is 0 Å². The van der Waals surface area contributed by atoms with Crippen molar-refractivity contribution in [1.29, 1.82) is 0 Å². The standard InChI is InChI=1S/C19H23NO2/c1-2-3-13-19(20,18(21)22)14-15-9-11-17(12-10-15)16-7-5-4-6-8-16/h4-12H,2-3,13-14,20H2,1H3,(H,21,22)/t19-/m0/s1. The normalized spacial score (nSPS) is 13.5. The molecule has 0 aliphatic heterocycles. The number of carbonyl (C=O) groups is 1. The molecule has 0 radical (unpaired) electrons. The minimum absolute atomic E-state index is 0.359. The Hall–Kier alpha value is -2.13. The van der Waals surface area contributed by atoms with Gasteiger partial charge in [-0.15, -0.1) is 0 Å². The molecule has 0 fully saturated rings. The van der Waals surface area contributed by atoms with Crippen LogP contribution in [-0.2, 0) is 11.2 Å². The van der Waals surface area contributed by atoms with E-state index in [9.17, 15) is 9.90 Å². The quantitative estimate of drug-likeness (QED) is 0.815. The summed E-state index contributed by atoms with van der Waals surface area (Å²) in [6, 6.07) is 18.1. The molecule has 0 saturated heterocycles. The third-order valence-corrected chi connectivity index (χ3v) is 3.98. The van der Waals surface area contributed by atoms with E-state index in [4.69, 9.17) is 5.73 Å². The van der Waals surface area contributed by atoms with Crippen molar-refractivity contribution in [1.82, 2.24) is 0 Å². The van der Waals surface area contributed by atoms with Gasteiger partial charge in [0, 0.05) is 6.42 Å². The zero-order chi connectivity index (χ0) is 16.0. The van der Waals surface area contributed by atoms with Crippen molar-refractivity contribution in [3.63, 3.8) is 0 Å². The molecule has 0 heterocycles. The van der Waals surface area contributed by atoms with Crippen LogP contribution in [0, 0.1) is 0 Å². The fraction of sp³-hybridized carbons (Fsp3) is 0.316. The number of benzene rings is 2. The Morgan fingerprint density at radius 1 is 1.05 bits per heavy atom. The van der Waals surface area contributed by atoms with Crippen molar-refractivity contribution < 1.29 is 9.90 Å². The maximum Gasteiger partial charge on any atom is 0.324 e. The van der Waals surface area contributed by atoms with Gasteiger partial charge in [0.2, 0.25) is 0 Å². The summed E-state index contributed by atoms with van der Waals surface area (Å²) in [6.07, 6.45) is 2.63. The third-order valence-electron chi connectivity index (χ3n) is 3.98. The molecule has 0 aromatic heterocycles. The Kier molecular flexibility index (Phi) is 5.34. The Bertz CT molecular complexity index is 607. The molecule has 1 atom stereocenters. The zero-order valence-corrected chi connectivity index (χ0v) is 13.0. The van der Waals surface area contributed by atoms with Crippen molar-refractivity contribution >= 4 is 5.97 Å². The van der Waals surface area contributed by atoms with Gasteiger partial charge in [-0.1, -0.05) is 74.4 Å². The number of aliphatic carboxylic acids is 1. The fourth-order valence-corrected chi connectivity index (χ4v) is 2.57. The van der Waals surface area contributed by atoms with Crippen molar-refractivity contribution in [2.75, 3.05) is 0 Å². The van der Waals surface area contributed by atoms with Crippen LogP contribution < -0.4 is 5.73 Å². The molecule has 22 heavy (non-hydrogen) atoms. The second kappa shape index (κ2) is 7.23. The van der Waals surface area contributed by atoms with E-state index in [1.807, 2.05) is 49.4 Å². The van der Waals surface area contributed by atoms with Crippen molar-refractivity contribution in [3.8, 4) is 11.1 Å². The first-order valence-corrected chi connectivity index (χ1v) is 7.72. The highest BCUT2D eigenvalue weighted by molar-refractivity contribution is 5.79. The van der Waals surface area contributed by atoms with Gasteiger partial charge in [0.1, 0.15) is 5.54 Å². The van der Waals surface area contributed by atoms with E-state index >= 15 is 0 Å². The van der Waals surface area contributed by atoms with E-state index in [1.165, 1.54) is 0 Å². The van der Waals surface area contributed by atoms with Crippen LogP contribution in [0.4, 0.5) is 0 Å². The average Bonchev–Trinajstić information content (AvgIpc) is 2.54. The lowest BCUT2D eigenvalue weighted by Crippen LogP contribution is -2.49. The highest BCUT2D eigenvalue weighted by Gasteiger charge is 2.33. The molecule has 0 spiro atoms. The minimum atomic E-state index is -1.18. The van der Waals surface area contributed by atoms with E-state index in [0.29, 0.717) is 12.8 Å². The molecule has 0 amide bonds. The van der Waals surface area contributed by atoms with Gasteiger partial charge in [0.25, 0.3) is 0 Å². The summed E-state index contributed by atoms with van der Waals surface area (Å²) in [7, 11) is 0. The molecule has 3 nitrogen and oxygen atoms in total. The molecule has 116 valence electrons. The van der Waals surface area contributed by atoms with Crippen LogP contribution in [0.15, 0.2) is 54.6 Å². The topological polar surface area (TPSA) is 63.3 Å². The molecule has 2 aromatic carbocycles. The Morgan fingerprint density at radius 3 is 2.18 bits per heavy atom. The summed E-state index contributed by atoms with van der Waals surface area (Å²) < 4.78 is 0. The lowest BCUT2D eigenvalue weighted by atomic mass is 9.86. The van der Waals surface area contributed by atoms with Gasteiger partial charge in [-0.05, 0) is 23.1 Å². The fourth-order valence-electron chi connectivity index (χ4n) is 2.57. The van der Waals surface area contributed by atoms with Gasteiger partial charge >= 0.3 is 5.97 Å². The summed E-state index contributed by atoms with van der Waals surface area (Å²) in [4.78, 5) is 11.5. The molecular weight excluding hydrogens is 274 g/mol. The first kappa shape index (κ1) is 16.2. The number of carboxylic acids is 1. The molecular formula is C19H23NO2. The summed E-state index contributed by atoms with van der Waals surface area (Å²) in [5.74, 6) is -0.923. The molecule has 2 aromatic rings. The van der Waals surface area contributed by atoms with Crippen LogP contribution in [0.25, 0.3) is 11.1 Å². The van der Waals surface area contributed by atoms with Crippen molar-refractivity contribution in [2.45, 2.75) is 38.1 Å². The number of hydrogen-bond donors (Lipinski definition) is 2. The third kappa shape index (κ3) is 3.95. The first-order chi connectivity index (χ1) is 10.5. The summed E-state index contributed by atoms with van der Waals surface area (Å²) in [5.41, 5.74) is 8.16. The van der Waals surface area contributed by atoms with E-state index in [0.717, 1.165) is 29.5 Å². The maximum atomic E-state index is 11.5. The van der Waals surface area contributed by atoms with E-state index in [-0.39, 0.29) is 0 Å². The maximum absolute atomic E-state index is 11.5. The second-order valence-electron chi connectivity index (χ2n) is 5.80. The first-order valence-electron chi connectivity index (χ1n) is 7.72. The molecule has 3 heteroatoms. The van der Waals surface area contributed by atoms with E-state index < -0.39 is 11.5 Å². The van der Waals surface area contributed by atoms with Gasteiger partial charge < -0.3 is 10.8 Å². The zero-order valence-electron chi connectivity index (χ0n) is 13.0. The van der Waals surface area contributed by atoms with Crippen molar-refractivity contribution in [3.05, 3.63) is 60.2 Å². The molecule has 2 rings (SSSR count). The van der Waals surface area contributed by atoms with Gasteiger partial charge in [-0.2, -0.15) is 0 Å². The molecule has 0 bridgehead atoms. The van der Waals surface area contributed by atoms with Gasteiger partial charge in [0.15, 0.2) is 0 Å². The van der Waals surface area contributed by atoms with Gasteiger partial charge in [-0.25, -0.2) is 0 Å². The van der Waals surface area contributed by atoms with Gasteiger partial charge in [0.05, 0.1) is 0 Å². The highest BCUT2D eigenvalue weighted by atomic mass is 16.4. The highest BCUT2D eigenvalue weighted by Crippen LogP contribution is 2.22. The molecule has 0 unspecified atom stereocenters. The Labute approximate surface area is 131 Å². The second-order valence-corrected chi connectivity index (χ2v) is 5.80. The van der Waals surface area contributed by atoms with Crippen LogP contribution in [0.3, 0.4) is 0 Å². The van der Waals surface area contributed by atoms with Crippen LogP contribution in [0.5, 0.6) is 0 Å². The Morgan fingerprint density at radius 2 is 1.64 bits per heavy atom. The number of nitrogens with two attached hydrogens (primary N) is 1. The van der Waals surface area contributed by atoms with E-state index in [1.54, 1.807) is 0 Å². The predicted octanol–water partition coefficient (Wildman–Crippen LogP) is 3.87. The van der Waals surface area contributed by atoms with Gasteiger partial charge in [-0.3, -0.25) is 4.79 Å². The smallest absolute Gasteiger partial charge is 0.324 e. The summed E-state index contributed by atoms with van der Waals surface area (Å²) in [6.45, 7) is 2.04. The molecule has 3 N–H and O–H groups in total. The minimum Gasteiger partial charge on any atom is -0.480 e. The number of carboxylic acid groups (broad SMARTS) is 1. The van der Waals surface area contributed by atoms with Crippen LogP contribution in [0.1, 0.15) is 31.7 Å². The molecule has 0 aliphatic rings. The molecule has 0 aliphatic carbocycles. The summed E-state index contributed by atoms with van der Waals surface area (Å²) >= 11 is 0. The van der Waals surface area contributed by atoms with E-state index in [2.05, 4.69) is 12.1 Å². The number of rotatable bonds is 7. The monoisotopic (exact) mass is 297 g/mol. The number of unbranched alkanes of at least 4 members (excludes halogenated alkanes) is 1. The lowest BCUT2D eigenvalue weighted by molar-refractivity contribution is -0.143. The average molecular weight is 297 g/mol. The van der Waals surface area contributed by atoms with Crippen LogP contribution >= 0.6 is 0 Å².